The molecule has 10 heteroatoms. The van der Waals surface area contributed by atoms with Crippen LogP contribution in [0.5, 0.6) is 0 Å². The minimum atomic E-state index is -1.61. The highest BCUT2D eigenvalue weighted by molar-refractivity contribution is 6.06. The first-order valence-electron chi connectivity index (χ1n) is 14.3. The number of imide groups is 2. The van der Waals surface area contributed by atoms with Crippen molar-refractivity contribution >= 4 is 41.2 Å². The van der Waals surface area contributed by atoms with Gasteiger partial charge in [-0.2, -0.15) is 0 Å². The lowest BCUT2D eigenvalue weighted by molar-refractivity contribution is -0.165. The van der Waals surface area contributed by atoms with Crippen LogP contribution in [-0.2, 0) is 28.7 Å². The third kappa shape index (κ3) is 5.49. The van der Waals surface area contributed by atoms with Gasteiger partial charge in [0.05, 0.1) is 25.3 Å². The van der Waals surface area contributed by atoms with Gasteiger partial charge in [0.15, 0.2) is 5.92 Å². The maximum absolute atomic E-state index is 13.6. The SMILES string of the molecule is CCOC(=O)C(C(=O)OCC)[C@@H]1[C@@H](CC2CN(c3c(C)cc(C)cc3C)c3ccccc32)N(C(C)=O)C(=O)N1C(C)=O. The van der Waals surface area contributed by atoms with Crippen LogP contribution >= 0.6 is 0 Å². The molecule has 2 aliphatic rings. The summed E-state index contributed by atoms with van der Waals surface area (Å²) in [5.74, 6) is -4.89. The summed E-state index contributed by atoms with van der Waals surface area (Å²) in [5.41, 5.74) is 6.50. The number of anilines is 2. The van der Waals surface area contributed by atoms with Crippen LogP contribution in [0.1, 0.15) is 62.3 Å². The molecule has 3 atom stereocenters. The summed E-state index contributed by atoms with van der Waals surface area (Å²) in [6.07, 6.45) is 0.215. The highest BCUT2D eigenvalue weighted by Gasteiger charge is 2.58. The summed E-state index contributed by atoms with van der Waals surface area (Å²) in [7, 11) is 0. The van der Waals surface area contributed by atoms with E-state index >= 15 is 0 Å². The van der Waals surface area contributed by atoms with Crippen LogP contribution in [0.3, 0.4) is 0 Å². The number of para-hydroxylation sites is 1. The molecule has 4 rings (SSSR count). The minimum Gasteiger partial charge on any atom is -0.465 e. The Morgan fingerprint density at radius 3 is 1.95 bits per heavy atom. The number of rotatable bonds is 8. The van der Waals surface area contributed by atoms with E-state index in [9.17, 15) is 24.0 Å². The fourth-order valence-corrected chi connectivity index (χ4v) is 6.68. The number of aryl methyl sites for hydroxylation is 3. The summed E-state index contributed by atoms with van der Waals surface area (Å²) < 4.78 is 10.5. The van der Waals surface area contributed by atoms with Gasteiger partial charge >= 0.3 is 18.0 Å². The molecule has 1 unspecified atom stereocenters. The first-order chi connectivity index (χ1) is 19.9. The number of carbonyl (C=O) groups is 5. The van der Waals surface area contributed by atoms with Gasteiger partial charge in [-0.1, -0.05) is 35.9 Å². The Morgan fingerprint density at radius 1 is 0.881 bits per heavy atom. The molecule has 0 aromatic heterocycles. The Labute approximate surface area is 246 Å². The Balaban J connectivity index is 1.82. The molecule has 224 valence electrons. The van der Waals surface area contributed by atoms with Crippen molar-refractivity contribution in [3.8, 4) is 0 Å². The van der Waals surface area contributed by atoms with Crippen LogP contribution in [0.15, 0.2) is 36.4 Å². The normalized spacial score (nSPS) is 19.8. The predicted molar refractivity (Wildman–Crippen MR) is 156 cm³/mol. The average molecular weight is 578 g/mol. The molecule has 0 aliphatic carbocycles. The Bertz CT molecular complexity index is 1380. The molecule has 0 bridgehead atoms. The molecule has 0 radical (unpaired) electrons. The van der Waals surface area contributed by atoms with Crippen molar-refractivity contribution in [2.45, 2.75) is 72.9 Å². The molecular weight excluding hydrogens is 538 g/mol. The zero-order chi connectivity index (χ0) is 30.9. The molecule has 10 nitrogen and oxygen atoms in total. The topological polar surface area (TPSA) is 114 Å². The molecule has 1 fully saturated rings. The van der Waals surface area contributed by atoms with Crippen LogP contribution in [0.2, 0.25) is 0 Å². The smallest absolute Gasteiger partial charge is 0.334 e. The summed E-state index contributed by atoms with van der Waals surface area (Å²) >= 11 is 0. The fraction of sp³-hybridized carbons (Fsp3) is 0.469. The van der Waals surface area contributed by atoms with Crippen molar-refractivity contribution in [1.29, 1.82) is 0 Å². The van der Waals surface area contributed by atoms with Gasteiger partial charge in [-0.15, -0.1) is 0 Å². The van der Waals surface area contributed by atoms with E-state index in [-0.39, 0.29) is 25.6 Å². The molecule has 4 amide bonds. The summed E-state index contributed by atoms with van der Waals surface area (Å²) in [4.78, 5) is 70.0. The summed E-state index contributed by atoms with van der Waals surface area (Å²) in [5, 5.41) is 0. The van der Waals surface area contributed by atoms with E-state index in [4.69, 9.17) is 9.47 Å². The monoisotopic (exact) mass is 577 g/mol. The van der Waals surface area contributed by atoms with E-state index in [0.29, 0.717) is 6.54 Å². The Hall–Kier alpha value is -4.21. The zero-order valence-electron chi connectivity index (χ0n) is 25.3. The van der Waals surface area contributed by atoms with Gasteiger partial charge in [0.1, 0.15) is 0 Å². The zero-order valence-corrected chi connectivity index (χ0v) is 25.3. The van der Waals surface area contributed by atoms with E-state index in [1.807, 2.05) is 24.3 Å². The molecule has 2 aliphatic heterocycles. The van der Waals surface area contributed by atoms with Crippen molar-refractivity contribution in [3.63, 3.8) is 0 Å². The quantitative estimate of drug-likeness (QED) is 0.332. The number of urea groups is 1. The van der Waals surface area contributed by atoms with Gasteiger partial charge in [0.25, 0.3) is 0 Å². The number of amides is 4. The van der Waals surface area contributed by atoms with Crippen molar-refractivity contribution in [2.75, 3.05) is 24.7 Å². The summed E-state index contributed by atoms with van der Waals surface area (Å²) in [6.45, 7) is 12.3. The number of benzene rings is 2. The molecule has 2 aromatic rings. The maximum atomic E-state index is 13.6. The first kappa shape index (κ1) is 30.7. The van der Waals surface area contributed by atoms with Crippen molar-refractivity contribution in [2.24, 2.45) is 5.92 Å². The van der Waals surface area contributed by atoms with Gasteiger partial charge < -0.3 is 14.4 Å². The molecule has 0 spiro atoms. The molecule has 0 N–H and O–H groups in total. The largest absolute Gasteiger partial charge is 0.465 e. The maximum Gasteiger partial charge on any atom is 0.334 e. The number of hydrogen-bond acceptors (Lipinski definition) is 8. The second-order valence-corrected chi connectivity index (χ2v) is 10.9. The number of esters is 2. The van der Waals surface area contributed by atoms with Gasteiger partial charge in [-0.3, -0.25) is 29.0 Å². The second-order valence-electron chi connectivity index (χ2n) is 10.9. The van der Waals surface area contributed by atoms with E-state index in [0.717, 1.165) is 43.4 Å². The van der Waals surface area contributed by atoms with Gasteiger partial charge in [-0.05, 0) is 63.8 Å². The lowest BCUT2D eigenvalue weighted by atomic mass is 9.85. The van der Waals surface area contributed by atoms with Gasteiger partial charge in [0.2, 0.25) is 11.8 Å². The highest BCUT2D eigenvalue weighted by Crippen LogP contribution is 2.47. The third-order valence-corrected chi connectivity index (χ3v) is 8.04. The van der Waals surface area contributed by atoms with E-state index in [1.54, 1.807) is 13.8 Å². The molecular formula is C32H39N3O7. The minimum absolute atomic E-state index is 0.0171. The second kappa shape index (κ2) is 12.3. The van der Waals surface area contributed by atoms with Crippen LogP contribution in [0, 0.1) is 26.7 Å². The number of carbonyl (C=O) groups excluding carboxylic acids is 5. The van der Waals surface area contributed by atoms with Gasteiger partial charge in [0, 0.05) is 37.7 Å². The van der Waals surface area contributed by atoms with E-state index in [2.05, 4.69) is 37.8 Å². The summed E-state index contributed by atoms with van der Waals surface area (Å²) in [6, 6.07) is 9.09. The lowest BCUT2D eigenvalue weighted by Crippen LogP contribution is -2.52. The number of hydrogen-bond donors (Lipinski definition) is 0. The Morgan fingerprint density at radius 2 is 1.43 bits per heavy atom. The Kier molecular flexibility index (Phi) is 9.03. The van der Waals surface area contributed by atoms with Crippen LogP contribution in [-0.4, -0.2) is 71.4 Å². The molecule has 1 saturated heterocycles. The van der Waals surface area contributed by atoms with E-state index in [1.165, 1.54) is 13.8 Å². The average Bonchev–Trinajstić information content (AvgIpc) is 3.39. The fourth-order valence-electron chi connectivity index (χ4n) is 6.68. The predicted octanol–water partition coefficient (Wildman–Crippen LogP) is 4.55. The van der Waals surface area contributed by atoms with Crippen molar-refractivity contribution in [1.82, 2.24) is 9.80 Å². The van der Waals surface area contributed by atoms with Crippen LogP contribution in [0.25, 0.3) is 0 Å². The first-order valence-corrected chi connectivity index (χ1v) is 14.3. The third-order valence-electron chi connectivity index (χ3n) is 8.04. The molecule has 42 heavy (non-hydrogen) atoms. The van der Waals surface area contributed by atoms with Crippen LogP contribution in [0.4, 0.5) is 16.2 Å². The number of fused-ring (bicyclic) bond motifs is 1. The van der Waals surface area contributed by atoms with E-state index < -0.39 is 47.8 Å². The molecule has 2 aromatic carbocycles. The van der Waals surface area contributed by atoms with Gasteiger partial charge in [-0.25, -0.2) is 4.79 Å². The number of nitrogens with zero attached hydrogens (tertiary/aromatic N) is 3. The highest BCUT2D eigenvalue weighted by atomic mass is 16.6. The van der Waals surface area contributed by atoms with Crippen LogP contribution < -0.4 is 4.90 Å². The van der Waals surface area contributed by atoms with Crippen molar-refractivity contribution in [3.05, 3.63) is 58.7 Å². The van der Waals surface area contributed by atoms with Crippen molar-refractivity contribution < 1.29 is 33.4 Å². The molecule has 2 heterocycles. The lowest BCUT2D eigenvalue weighted by Gasteiger charge is -2.32. The molecule has 0 saturated carbocycles. The number of ether oxygens (including phenoxy) is 2. The standard InChI is InChI=1S/C32H39N3O7/c1-8-41-30(38)27(31(39)42-9-2)29-26(34(21(6)36)32(40)35(29)22(7)37)16-23-17-33(25-13-11-10-12-24(23)25)28-19(4)14-18(3)15-20(28)5/h10-15,23,26-27,29H,8-9,16-17H2,1-7H3/t23?,26-,29+/m1/s1.